The highest BCUT2D eigenvalue weighted by Gasteiger charge is 2.40. The van der Waals surface area contributed by atoms with E-state index < -0.39 is 0 Å². The zero-order valence-electron chi connectivity index (χ0n) is 10.7. The van der Waals surface area contributed by atoms with Crippen LogP contribution >= 0.6 is 11.6 Å². The Morgan fingerprint density at radius 3 is 2.94 bits per heavy atom. The largest absolute Gasteiger partial charge is 0.309 e. The molecule has 0 amide bonds. The Morgan fingerprint density at radius 1 is 1.47 bits per heavy atom. The lowest BCUT2D eigenvalue weighted by Gasteiger charge is -2.40. The zero-order chi connectivity index (χ0) is 12.3. The van der Waals surface area contributed by atoms with Crippen LogP contribution < -0.4 is 0 Å². The van der Waals surface area contributed by atoms with Crippen LogP contribution in [0.5, 0.6) is 0 Å². The second kappa shape index (κ2) is 5.36. The fraction of sp³-hybridized carbons (Fsp3) is 0.643. The van der Waals surface area contributed by atoms with Crippen LogP contribution in [0.4, 0.5) is 0 Å². The van der Waals surface area contributed by atoms with Crippen molar-refractivity contribution in [2.45, 2.75) is 30.6 Å². The molecular formula is C14H21ClN2. The number of pyridine rings is 1. The highest BCUT2D eigenvalue weighted by molar-refractivity contribution is 6.24. The summed E-state index contributed by atoms with van der Waals surface area (Å²) in [4.78, 5) is 6.25. The first-order valence-electron chi connectivity index (χ1n) is 6.37. The molecule has 0 bridgehead atoms. The molecule has 1 aliphatic carbocycles. The average molecular weight is 253 g/mol. The minimum atomic E-state index is -0.212. The molecule has 2 atom stereocenters. The van der Waals surface area contributed by atoms with Gasteiger partial charge >= 0.3 is 0 Å². The van der Waals surface area contributed by atoms with Crippen molar-refractivity contribution < 1.29 is 0 Å². The lowest BCUT2D eigenvalue weighted by atomic mass is 9.75. The van der Waals surface area contributed by atoms with Crippen LogP contribution in [0.3, 0.4) is 0 Å². The molecule has 2 nitrogen and oxygen atoms in total. The maximum absolute atomic E-state index is 6.94. The molecule has 0 aliphatic heterocycles. The van der Waals surface area contributed by atoms with Crippen molar-refractivity contribution in [2.75, 3.05) is 20.6 Å². The van der Waals surface area contributed by atoms with Gasteiger partial charge in [0.2, 0.25) is 0 Å². The monoisotopic (exact) mass is 252 g/mol. The summed E-state index contributed by atoms with van der Waals surface area (Å²) in [6, 6.07) is 4.11. The third kappa shape index (κ3) is 2.80. The minimum Gasteiger partial charge on any atom is -0.309 e. The molecule has 0 saturated heterocycles. The quantitative estimate of drug-likeness (QED) is 0.768. The predicted molar refractivity (Wildman–Crippen MR) is 72.3 cm³/mol. The average Bonchev–Trinajstić information content (AvgIpc) is 2.33. The van der Waals surface area contributed by atoms with Gasteiger partial charge in [-0.2, -0.15) is 0 Å². The van der Waals surface area contributed by atoms with Crippen molar-refractivity contribution in [3.05, 3.63) is 30.1 Å². The number of rotatable bonds is 3. The van der Waals surface area contributed by atoms with Gasteiger partial charge in [0, 0.05) is 18.9 Å². The van der Waals surface area contributed by atoms with Crippen molar-refractivity contribution in [3.63, 3.8) is 0 Å². The Morgan fingerprint density at radius 2 is 2.29 bits per heavy atom. The summed E-state index contributed by atoms with van der Waals surface area (Å²) in [5.74, 6) is 0.525. The Hall–Kier alpha value is -0.600. The van der Waals surface area contributed by atoms with E-state index in [-0.39, 0.29) is 4.87 Å². The highest BCUT2D eigenvalue weighted by atomic mass is 35.5. The van der Waals surface area contributed by atoms with Crippen LogP contribution in [0, 0.1) is 5.92 Å². The van der Waals surface area contributed by atoms with Gasteiger partial charge in [-0.15, -0.1) is 11.6 Å². The summed E-state index contributed by atoms with van der Waals surface area (Å²) >= 11 is 6.94. The SMILES string of the molecule is CN(C)CC1CCCCC1(Cl)c1cccnc1. The third-order valence-corrected chi connectivity index (χ3v) is 4.43. The molecule has 2 unspecified atom stereocenters. The molecule has 1 saturated carbocycles. The first-order chi connectivity index (χ1) is 8.13. The molecule has 0 spiro atoms. The van der Waals surface area contributed by atoms with Gasteiger partial charge in [-0.3, -0.25) is 4.98 Å². The maximum Gasteiger partial charge on any atom is 0.0750 e. The Kier molecular flexibility index (Phi) is 4.05. The van der Waals surface area contributed by atoms with E-state index in [9.17, 15) is 0 Å². The molecular weight excluding hydrogens is 232 g/mol. The van der Waals surface area contributed by atoms with Gasteiger partial charge in [-0.1, -0.05) is 18.9 Å². The predicted octanol–water partition coefficient (Wildman–Crippen LogP) is 3.27. The molecule has 0 N–H and O–H groups in total. The van der Waals surface area contributed by atoms with Gasteiger partial charge in [0.25, 0.3) is 0 Å². The van der Waals surface area contributed by atoms with Crippen molar-refractivity contribution in [1.29, 1.82) is 0 Å². The van der Waals surface area contributed by atoms with E-state index in [0.29, 0.717) is 5.92 Å². The normalized spacial score (nSPS) is 29.5. The lowest BCUT2D eigenvalue weighted by Crippen LogP contribution is -2.39. The van der Waals surface area contributed by atoms with Crippen LogP contribution in [-0.4, -0.2) is 30.5 Å². The number of alkyl halides is 1. The maximum atomic E-state index is 6.94. The van der Waals surface area contributed by atoms with E-state index in [4.69, 9.17) is 11.6 Å². The van der Waals surface area contributed by atoms with Crippen molar-refractivity contribution in [3.8, 4) is 0 Å². The van der Waals surface area contributed by atoms with E-state index in [1.54, 1.807) is 0 Å². The van der Waals surface area contributed by atoms with Gasteiger partial charge in [-0.25, -0.2) is 0 Å². The van der Waals surface area contributed by atoms with Gasteiger partial charge in [0.05, 0.1) is 4.87 Å². The van der Waals surface area contributed by atoms with E-state index in [1.165, 1.54) is 24.8 Å². The van der Waals surface area contributed by atoms with Crippen LogP contribution in [-0.2, 0) is 4.87 Å². The van der Waals surface area contributed by atoms with E-state index >= 15 is 0 Å². The number of halogens is 1. The first-order valence-corrected chi connectivity index (χ1v) is 6.75. The highest BCUT2D eigenvalue weighted by Crippen LogP contribution is 2.47. The summed E-state index contributed by atoms with van der Waals surface area (Å²) < 4.78 is 0. The van der Waals surface area contributed by atoms with Gasteiger partial charge in [-0.05, 0) is 44.5 Å². The summed E-state index contributed by atoms with van der Waals surface area (Å²) in [6.07, 6.45) is 8.55. The fourth-order valence-electron chi connectivity index (χ4n) is 2.87. The van der Waals surface area contributed by atoms with Crippen LogP contribution in [0.1, 0.15) is 31.2 Å². The molecule has 1 heterocycles. The van der Waals surface area contributed by atoms with E-state index in [1.807, 2.05) is 18.5 Å². The molecule has 1 aliphatic rings. The fourth-order valence-corrected chi connectivity index (χ4v) is 3.29. The van der Waals surface area contributed by atoms with Crippen molar-refractivity contribution >= 4 is 11.6 Å². The second-order valence-electron chi connectivity index (χ2n) is 5.31. The smallest absolute Gasteiger partial charge is 0.0750 e. The Balaban J connectivity index is 2.25. The standard InChI is InChI=1S/C14H21ClN2/c1-17(2)11-13-6-3-4-8-14(13,15)12-7-5-9-16-10-12/h5,7,9-10,13H,3-4,6,8,11H2,1-2H3. The second-order valence-corrected chi connectivity index (χ2v) is 5.98. The molecule has 1 fully saturated rings. The third-order valence-electron chi connectivity index (χ3n) is 3.72. The topological polar surface area (TPSA) is 16.1 Å². The van der Waals surface area contributed by atoms with Crippen LogP contribution in [0.15, 0.2) is 24.5 Å². The van der Waals surface area contributed by atoms with E-state index in [2.05, 4.69) is 30.0 Å². The van der Waals surface area contributed by atoms with Crippen molar-refractivity contribution in [2.24, 2.45) is 5.92 Å². The summed E-state index contributed by atoms with van der Waals surface area (Å²) in [5.41, 5.74) is 1.19. The molecule has 0 radical (unpaired) electrons. The number of nitrogens with zero attached hydrogens (tertiary/aromatic N) is 2. The molecule has 94 valence electrons. The number of hydrogen-bond donors (Lipinski definition) is 0. The summed E-state index contributed by atoms with van der Waals surface area (Å²) in [5, 5.41) is 0. The number of hydrogen-bond acceptors (Lipinski definition) is 2. The molecule has 1 aromatic heterocycles. The minimum absolute atomic E-state index is 0.212. The Labute approximate surface area is 109 Å². The molecule has 0 aromatic carbocycles. The Bertz CT molecular complexity index is 352. The molecule has 17 heavy (non-hydrogen) atoms. The van der Waals surface area contributed by atoms with E-state index in [0.717, 1.165) is 13.0 Å². The van der Waals surface area contributed by atoms with Gasteiger partial charge < -0.3 is 4.90 Å². The summed E-state index contributed by atoms with van der Waals surface area (Å²) in [6.45, 7) is 1.05. The molecule has 1 aromatic rings. The lowest BCUT2D eigenvalue weighted by molar-refractivity contribution is 0.207. The van der Waals surface area contributed by atoms with Gasteiger partial charge in [0.15, 0.2) is 0 Å². The molecule has 3 heteroatoms. The summed E-state index contributed by atoms with van der Waals surface area (Å²) in [7, 11) is 4.24. The first kappa shape index (κ1) is 12.8. The van der Waals surface area contributed by atoms with Gasteiger partial charge in [0.1, 0.15) is 0 Å². The molecule has 2 rings (SSSR count). The zero-order valence-corrected chi connectivity index (χ0v) is 11.5. The van der Waals surface area contributed by atoms with Crippen LogP contribution in [0.25, 0.3) is 0 Å². The number of aromatic nitrogens is 1. The van der Waals surface area contributed by atoms with Crippen LogP contribution in [0.2, 0.25) is 0 Å². The van der Waals surface area contributed by atoms with Crippen molar-refractivity contribution in [1.82, 2.24) is 9.88 Å².